The second-order valence-corrected chi connectivity index (χ2v) is 4.06. The number of carbonyl (C=O) groups is 1. The van der Waals surface area contributed by atoms with Crippen LogP contribution in [0.4, 0.5) is 8.78 Å². The molecule has 0 fully saturated rings. The van der Waals surface area contributed by atoms with E-state index >= 15 is 0 Å². The Bertz CT molecular complexity index is 413. The Kier molecular flexibility index (Phi) is 4.54. The highest BCUT2D eigenvalue weighted by Crippen LogP contribution is 2.27. The molecule has 0 spiro atoms. The van der Waals surface area contributed by atoms with Crippen molar-refractivity contribution in [1.82, 2.24) is 4.98 Å². The molecule has 4 nitrogen and oxygen atoms in total. The van der Waals surface area contributed by atoms with E-state index in [1.54, 1.807) is 0 Å². The summed E-state index contributed by atoms with van der Waals surface area (Å²) in [6.45, 7) is -0.124. The highest BCUT2D eigenvalue weighted by molar-refractivity contribution is 14.1. The highest BCUT2D eigenvalue weighted by Gasteiger charge is 2.19. The van der Waals surface area contributed by atoms with E-state index in [1.165, 1.54) is 0 Å². The van der Waals surface area contributed by atoms with Gasteiger partial charge in [-0.2, -0.15) is 0 Å². The molecule has 88 valence electrons. The van der Waals surface area contributed by atoms with Crippen LogP contribution in [0, 0.1) is 3.70 Å². The van der Waals surface area contributed by atoms with Gasteiger partial charge in [0.15, 0.2) is 0 Å². The number of carboxylic acid groups (broad SMARTS) is 1. The second kappa shape index (κ2) is 5.48. The molecule has 1 heterocycles. The molecule has 1 aromatic heterocycles. The van der Waals surface area contributed by atoms with Gasteiger partial charge in [0.25, 0.3) is 6.43 Å². The highest BCUT2D eigenvalue weighted by atomic mass is 127. The first-order valence-electron chi connectivity index (χ1n) is 4.33. The van der Waals surface area contributed by atoms with Crippen molar-refractivity contribution in [3.05, 3.63) is 26.6 Å². The Morgan fingerprint density at radius 1 is 1.56 bits per heavy atom. The lowest BCUT2D eigenvalue weighted by atomic mass is 10.0. The van der Waals surface area contributed by atoms with Crippen LogP contribution in [-0.4, -0.2) is 16.1 Å². The Morgan fingerprint density at radius 2 is 2.19 bits per heavy atom. The Labute approximate surface area is 104 Å². The number of pyridine rings is 1. The van der Waals surface area contributed by atoms with E-state index in [1.807, 2.05) is 22.6 Å². The summed E-state index contributed by atoms with van der Waals surface area (Å²) in [5.74, 6) is -1.10. The minimum absolute atomic E-state index is 0.124. The van der Waals surface area contributed by atoms with Gasteiger partial charge < -0.3 is 10.8 Å². The molecule has 1 rings (SSSR count). The van der Waals surface area contributed by atoms with Crippen molar-refractivity contribution in [3.63, 3.8) is 0 Å². The van der Waals surface area contributed by atoms with Crippen molar-refractivity contribution in [2.75, 3.05) is 0 Å². The van der Waals surface area contributed by atoms with Gasteiger partial charge in [-0.05, 0) is 28.2 Å². The van der Waals surface area contributed by atoms with Crippen LogP contribution >= 0.6 is 22.6 Å². The fraction of sp³-hybridized carbons (Fsp3) is 0.333. The first-order chi connectivity index (χ1) is 7.47. The maximum absolute atomic E-state index is 12.6. The molecule has 0 atom stereocenters. The number of hydrogen-bond donors (Lipinski definition) is 2. The van der Waals surface area contributed by atoms with E-state index in [0.717, 1.165) is 6.20 Å². The molecular formula is C9H9F2IN2O2. The minimum Gasteiger partial charge on any atom is -0.481 e. The van der Waals surface area contributed by atoms with Crippen LogP contribution in [0.2, 0.25) is 0 Å². The molecular weight excluding hydrogens is 333 g/mol. The number of nitrogens with zero attached hydrogens (tertiary/aromatic N) is 1. The van der Waals surface area contributed by atoms with Gasteiger partial charge >= 0.3 is 5.97 Å². The van der Waals surface area contributed by atoms with Crippen molar-refractivity contribution < 1.29 is 18.7 Å². The molecule has 0 bridgehead atoms. The van der Waals surface area contributed by atoms with Gasteiger partial charge in [-0.1, -0.05) is 0 Å². The number of carboxylic acids is 1. The van der Waals surface area contributed by atoms with E-state index in [0.29, 0.717) is 3.70 Å². The monoisotopic (exact) mass is 342 g/mol. The number of aromatic nitrogens is 1. The smallest absolute Gasteiger partial charge is 0.307 e. The molecule has 0 saturated carbocycles. The van der Waals surface area contributed by atoms with Crippen LogP contribution < -0.4 is 5.73 Å². The number of alkyl halides is 2. The van der Waals surface area contributed by atoms with Gasteiger partial charge in [0.1, 0.15) is 3.70 Å². The first kappa shape index (κ1) is 13.2. The lowest BCUT2D eigenvalue weighted by molar-refractivity contribution is -0.136. The average Bonchev–Trinajstić information content (AvgIpc) is 2.19. The lowest BCUT2D eigenvalue weighted by Crippen LogP contribution is -2.13. The third kappa shape index (κ3) is 2.85. The topological polar surface area (TPSA) is 76.2 Å². The molecule has 3 N–H and O–H groups in total. The Balaban J connectivity index is 3.32. The van der Waals surface area contributed by atoms with Crippen molar-refractivity contribution in [1.29, 1.82) is 0 Å². The van der Waals surface area contributed by atoms with Gasteiger partial charge in [0.2, 0.25) is 0 Å². The summed E-state index contributed by atoms with van der Waals surface area (Å²) in [5, 5.41) is 8.68. The predicted molar refractivity (Wildman–Crippen MR) is 61.1 cm³/mol. The van der Waals surface area contributed by atoms with Gasteiger partial charge in [-0.15, -0.1) is 0 Å². The summed E-state index contributed by atoms with van der Waals surface area (Å²) in [5.41, 5.74) is 5.53. The van der Waals surface area contributed by atoms with Crippen LogP contribution in [0.5, 0.6) is 0 Å². The SMILES string of the molecule is NCc1c(C(F)F)cnc(I)c1CC(=O)O. The van der Waals surface area contributed by atoms with E-state index in [4.69, 9.17) is 10.8 Å². The quantitative estimate of drug-likeness (QED) is 0.645. The van der Waals surface area contributed by atoms with Crippen LogP contribution in [0.1, 0.15) is 23.1 Å². The molecule has 1 aromatic rings. The molecule has 0 radical (unpaired) electrons. The van der Waals surface area contributed by atoms with Gasteiger partial charge in [-0.25, -0.2) is 13.8 Å². The maximum Gasteiger partial charge on any atom is 0.307 e. The number of nitrogens with two attached hydrogens (primary N) is 1. The largest absolute Gasteiger partial charge is 0.481 e. The second-order valence-electron chi connectivity index (χ2n) is 3.04. The number of aliphatic carboxylic acids is 1. The molecule has 7 heteroatoms. The molecule has 0 unspecified atom stereocenters. The summed E-state index contributed by atoms with van der Waals surface area (Å²) in [7, 11) is 0. The van der Waals surface area contributed by atoms with Crippen LogP contribution in [0.25, 0.3) is 0 Å². The fourth-order valence-corrected chi connectivity index (χ4v) is 2.00. The van der Waals surface area contributed by atoms with Crippen molar-refractivity contribution in [2.24, 2.45) is 5.73 Å². The van der Waals surface area contributed by atoms with Crippen molar-refractivity contribution in [2.45, 2.75) is 19.4 Å². The summed E-state index contributed by atoms with van der Waals surface area (Å²) in [6.07, 6.45) is -2.01. The van der Waals surface area contributed by atoms with E-state index < -0.39 is 12.4 Å². The predicted octanol–water partition coefficient (Wildman–Crippen LogP) is 1.71. The third-order valence-corrected chi connectivity index (χ3v) is 2.98. The lowest BCUT2D eigenvalue weighted by Gasteiger charge is -2.12. The third-order valence-electron chi connectivity index (χ3n) is 2.05. The molecule has 0 aliphatic rings. The summed E-state index contributed by atoms with van der Waals surface area (Å²) < 4.78 is 25.6. The van der Waals surface area contributed by atoms with Gasteiger partial charge in [-0.3, -0.25) is 4.79 Å². The fourth-order valence-electron chi connectivity index (χ4n) is 1.34. The van der Waals surface area contributed by atoms with Crippen LogP contribution in [0.3, 0.4) is 0 Å². The zero-order chi connectivity index (χ0) is 12.3. The summed E-state index contributed by atoms with van der Waals surface area (Å²) >= 11 is 1.81. The standard InChI is InChI=1S/C9H9F2IN2O2/c10-8(11)6-3-14-9(12)4(1-7(15)16)5(6)2-13/h3,8H,1-2,13H2,(H,15,16). The molecule has 0 aliphatic heterocycles. The normalized spacial score (nSPS) is 10.8. The Morgan fingerprint density at radius 3 is 2.62 bits per heavy atom. The minimum atomic E-state index is -2.70. The van der Waals surface area contributed by atoms with E-state index in [2.05, 4.69) is 4.98 Å². The average molecular weight is 342 g/mol. The van der Waals surface area contributed by atoms with Crippen LogP contribution in [-0.2, 0) is 17.8 Å². The Hall–Kier alpha value is -0.830. The van der Waals surface area contributed by atoms with E-state index in [-0.39, 0.29) is 29.7 Å². The summed E-state index contributed by atoms with van der Waals surface area (Å²) in [4.78, 5) is 14.4. The molecule has 0 amide bonds. The molecule has 0 aliphatic carbocycles. The number of halogens is 3. The van der Waals surface area contributed by atoms with E-state index in [9.17, 15) is 13.6 Å². The first-order valence-corrected chi connectivity index (χ1v) is 5.41. The van der Waals surface area contributed by atoms with Crippen molar-refractivity contribution in [3.8, 4) is 0 Å². The zero-order valence-corrected chi connectivity index (χ0v) is 10.2. The maximum atomic E-state index is 12.6. The number of hydrogen-bond acceptors (Lipinski definition) is 3. The molecule has 0 saturated heterocycles. The van der Waals surface area contributed by atoms with Crippen molar-refractivity contribution >= 4 is 28.6 Å². The van der Waals surface area contributed by atoms with Crippen LogP contribution in [0.15, 0.2) is 6.20 Å². The van der Waals surface area contributed by atoms with Gasteiger partial charge in [0.05, 0.1) is 6.42 Å². The molecule has 16 heavy (non-hydrogen) atoms. The molecule has 0 aromatic carbocycles. The van der Waals surface area contributed by atoms with Gasteiger partial charge in [0, 0.05) is 23.9 Å². The zero-order valence-electron chi connectivity index (χ0n) is 8.08. The number of rotatable bonds is 4. The summed E-state index contributed by atoms with van der Waals surface area (Å²) in [6, 6.07) is 0.